The number of hydrogen-bond donors (Lipinski definition) is 0. The lowest BCUT2D eigenvalue weighted by atomic mass is 9.48. The largest absolute Gasteiger partial charge is 0.193 e. The molecule has 4 aliphatic rings. The van der Waals surface area contributed by atoms with Crippen molar-refractivity contribution in [2.75, 3.05) is 0 Å². The van der Waals surface area contributed by atoms with Gasteiger partial charge in [-0.05, 0) is 80.0 Å². The Morgan fingerprint density at radius 3 is 2.73 bits per heavy atom. The van der Waals surface area contributed by atoms with Crippen molar-refractivity contribution < 1.29 is 0 Å². The summed E-state index contributed by atoms with van der Waals surface area (Å²) in [5, 5.41) is 9.12. The molecule has 0 aromatic heterocycles. The Labute approximate surface area is 135 Å². The second kappa shape index (κ2) is 4.98. The fourth-order valence-corrected chi connectivity index (χ4v) is 6.86. The summed E-state index contributed by atoms with van der Waals surface area (Å²) >= 11 is 0. The zero-order chi connectivity index (χ0) is 15.4. The van der Waals surface area contributed by atoms with Crippen molar-refractivity contribution in [2.24, 2.45) is 28.6 Å². The molecule has 0 aromatic rings. The SMILES string of the molecule is C[C@]12CCCCC1=CC[C@@H]1C2CC[C@]2(C)/C(=C\C#N)CCC12. The van der Waals surface area contributed by atoms with Crippen LogP contribution in [0.1, 0.15) is 71.6 Å². The van der Waals surface area contributed by atoms with Crippen LogP contribution in [0.2, 0.25) is 0 Å². The molecule has 1 heteroatoms. The van der Waals surface area contributed by atoms with E-state index in [9.17, 15) is 0 Å². The molecule has 0 aromatic carbocycles. The lowest BCUT2D eigenvalue weighted by Gasteiger charge is -2.57. The maximum absolute atomic E-state index is 9.12. The zero-order valence-corrected chi connectivity index (χ0v) is 14.2. The van der Waals surface area contributed by atoms with Gasteiger partial charge in [-0.25, -0.2) is 0 Å². The van der Waals surface area contributed by atoms with Crippen molar-refractivity contribution in [3.05, 3.63) is 23.3 Å². The minimum atomic E-state index is 0.327. The van der Waals surface area contributed by atoms with E-state index in [0.29, 0.717) is 10.8 Å². The van der Waals surface area contributed by atoms with E-state index in [4.69, 9.17) is 5.26 Å². The van der Waals surface area contributed by atoms with Crippen molar-refractivity contribution in [3.63, 3.8) is 0 Å². The summed E-state index contributed by atoms with van der Waals surface area (Å²) in [6.07, 6.45) is 16.7. The normalized spacial score (nSPS) is 48.9. The molecular weight excluding hydrogens is 266 g/mol. The van der Waals surface area contributed by atoms with Gasteiger partial charge >= 0.3 is 0 Å². The molecule has 0 heterocycles. The molecule has 0 radical (unpaired) electrons. The van der Waals surface area contributed by atoms with Crippen molar-refractivity contribution in [2.45, 2.75) is 71.6 Å². The van der Waals surface area contributed by atoms with Crippen molar-refractivity contribution in [1.29, 1.82) is 5.26 Å². The van der Waals surface area contributed by atoms with Gasteiger partial charge in [0, 0.05) is 6.08 Å². The van der Waals surface area contributed by atoms with Gasteiger partial charge in [-0.2, -0.15) is 5.26 Å². The lowest BCUT2D eigenvalue weighted by molar-refractivity contribution is -0.0135. The third-order valence-electron chi connectivity index (χ3n) is 8.10. The molecular formula is C21H29N. The number of allylic oxidation sites excluding steroid dienone is 4. The van der Waals surface area contributed by atoms with Crippen molar-refractivity contribution in [1.82, 2.24) is 0 Å². The van der Waals surface area contributed by atoms with Gasteiger partial charge in [0.25, 0.3) is 0 Å². The van der Waals surface area contributed by atoms with Gasteiger partial charge in [0.1, 0.15) is 0 Å². The molecule has 0 saturated heterocycles. The monoisotopic (exact) mass is 295 g/mol. The molecule has 5 atom stereocenters. The molecule has 0 amide bonds. The standard InChI is InChI=1S/C21H29N/c1-20-12-4-3-5-15(20)6-8-17-18-9-7-16(11-14-22)21(18,2)13-10-19(17)20/h6,11,17-19H,3-5,7-10,12-13H2,1-2H3/b16-11-/t17-,18?,19?,20-,21+/m0/s1. The highest BCUT2D eigenvalue weighted by Crippen LogP contribution is 2.65. The zero-order valence-electron chi connectivity index (χ0n) is 14.2. The van der Waals surface area contributed by atoms with Gasteiger partial charge in [0.05, 0.1) is 6.07 Å². The van der Waals surface area contributed by atoms with Crippen LogP contribution in [-0.2, 0) is 0 Å². The fourth-order valence-electron chi connectivity index (χ4n) is 6.86. The van der Waals surface area contributed by atoms with Crippen LogP contribution >= 0.6 is 0 Å². The Balaban J connectivity index is 1.70. The van der Waals surface area contributed by atoms with Gasteiger partial charge in [-0.1, -0.05) is 37.5 Å². The van der Waals surface area contributed by atoms with E-state index >= 15 is 0 Å². The van der Waals surface area contributed by atoms with Crippen molar-refractivity contribution >= 4 is 0 Å². The summed E-state index contributed by atoms with van der Waals surface area (Å²) in [5.74, 6) is 2.60. The first-order chi connectivity index (χ1) is 10.6. The second-order valence-electron chi connectivity index (χ2n) is 8.76. The Morgan fingerprint density at radius 1 is 1.09 bits per heavy atom. The fraction of sp³-hybridized carbons (Fsp3) is 0.762. The summed E-state index contributed by atoms with van der Waals surface area (Å²) in [5.41, 5.74) is 4.09. The Bertz CT molecular complexity index is 577. The topological polar surface area (TPSA) is 23.8 Å². The number of rotatable bonds is 0. The molecule has 0 aliphatic heterocycles. The number of nitrogens with zero attached hydrogens (tertiary/aromatic N) is 1. The van der Waals surface area contributed by atoms with Crippen LogP contribution in [0.4, 0.5) is 0 Å². The molecule has 4 rings (SSSR count). The lowest BCUT2D eigenvalue weighted by Crippen LogP contribution is -2.48. The molecule has 0 spiro atoms. The number of fused-ring (bicyclic) bond motifs is 5. The van der Waals surface area contributed by atoms with E-state index in [1.54, 1.807) is 5.57 Å². The first kappa shape index (κ1) is 14.6. The van der Waals surface area contributed by atoms with E-state index in [-0.39, 0.29) is 0 Å². The van der Waals surface area contributed by atoms with Crippen LogP contribution in [-0.4, -0.2) is 0 Å². The van der Waals surface area contributed by atoms with Crippen LogP contribution in [0.15, 0.2) is 23.3 Å². The molecule has 4 aliphatic carbocycles. The van der Waals surface area contributed by atoms with Crippen LogP contribution in [0.25, 0.3) is 0 Å². The summed E-state index contributed by atoms with van der Waals surface area (Å²) in [6, 6.07) is 2.32. The Kier molecular flexibility index (Phi) is 3.30. The van der Waals surface area contributed by atoms with E-state index in [1.807, 2.05) is 6.08 Å². The highest BCUT2D eigenvalue weighted by Gasteiger charge is 2.56. The van der Waals surface area contributed by atoms with Crippen molar-refractivity contribution in [3.8, 4) is 6.07 Å². The van der Waals surface area contributed by atoms with E-state index in [0.717, 1.165) is 17.8 Å². The molecule has 0 bridgehead atoms. The number of nitriles is 1. The van der Waals surface area contributed by atoms with Gasteiger partial charge in [0.15, 0.2) is 0 Å². The summed E-state index contributed by atoms with van der Waals surface area (Å²) in [6.45, 7) is 5.05. The van der Waals surface area contributed by atoms with E-state index in [2.05, 4.69) is 26.0 Å². The third kappa shape index (κ3) is 1.82. The first-order valence-electron chi connectivity index (χ1n) is 9.38. The van der Waals surface area contributed by atoms with Gasteiger partial charge in [-0.15, -0.1) is 0 Å². The van der Waals surface area contributed by atoms with Crippen LogP contribution < -0.4 is 0 Å². The Morgan fingerprint density at radius 2 is 1.91 bits per heavy atom. The molecule has 1 nitrogen and oxygen atoms in total. The van der Waals surface area contributed by atoms with Gasteiger partial charge in [-0.3, -0.25) is 0 Å². The molecule has 2 unspecified atom stereocenters. The molecule has 22 heavy (non-hydrogen) atoms. The third-order valence-corrected chi connectivity index (χ3v) is 8.10. The molecule has 118 valence electrons. The predicted molar refractivity (Wildman–Crippen MR) is 90.0 cm³/mol. The van der Waals surface area contributed by atoms with E-state index in [1.165, 1.54) is 63.4 Å². The predicted octanol–water partition coefficient (Wildman–Crippen LogP) is 5.79. The average molecular weight is 295 g/mol. The summed E-state index contributed by atoms with van der Waals surface area (Å²) in [4.78, 5) is 0. The maximum Gasteiger partial charge on any atom is 0.0911 e. The van der Waals surface area contributed by atoms with E-state index < -0.39 is 0 Å². The second-order valence-corrected chi connectivity index (χ2v) is 8.76. The van der Waals surface area contributed by atoms with Gasteiger partial charge < -0.3 is 0 Å². The molecule has 3 saturated carbocycles. The maximum atomic E-state index is 9.12. The first-order valence-corrected chi connectivity index (χ1v) is 9.38. The average Bonchev–Trinajstić information content (AvgIpc) is 2.84. The summed E-state index contributed by atoms with van der Waals surface area (Å²) in [7, 11) is 0. The van der Waals surface area contributed by atoms with Crippen LogP contribution in [0.5, 0.6) is 0 Å². The number of hydrogen-bond acceptors (Lipinski definition) is 1. The summed E-state index contributed by atoms with van der Waals surface area (Å²) < 4.78 is 0. The molecule has 3 fully saturated rings. The van der Waals surface area contributed by atoms with Crippen LogP contribution in [0, 0.1) is 39.9 Å². The molecule has 0 N–H and O–H groups in total. The van der Waals surface area contributed by atoms with Gasteiger partial charge in [0.2, 0.25) is 0 Å². The highest BCUT2D eigenvalue weighted by molar-refractivity contribution is 5.31. The Hall–Kier alpha value is -1.03. The van der Waals surface area contributed by atoms with Crippen LogP contribution in [0.3, 0.4) is 0 Å². The smallest absolute Gasteiger partial charge is 0.0911 e. The quantitative estimate of drug-likeness (QED) is 0.410. The minimum Gasteiger partial charge on any atom is -0.193 e. The minimum absolute atomic E-state index is 0.327. The highest BCUT2D eigenvalue weighted by atomic mass is 14.6.